The van der Waals surface area contributed by atoms with E-state index in [1.54, 1.807) is 30.4 Å². The highest BCUT2D eigenvalue weighted by molar-refractivity contribution is 7.99. The van der Waals surface area contributed by atoms with Gasteiger partial charge in [-0.1, -0.05) is 43.8 Å². The fourth-order valence-corrected chi connectivity index (χ4v) is 3.80. The third-order valence-electron chi connectivity index (χ3n) is 4.74. The molecular formula is C22H25FN4O2S. The maximum absolute atomic E-state index is 13.9. The van der Waals surface area contributed by atoms with Crippen LogP contribution in [-0.2, 0) is 11.3 Å². The number of hydrogen-bond donors (Lipinski definition) is 0. The molecule has 0 aliphatic heterocycles. The number of thioether (sulfide) groups is 1. The van der Waals surface area contributed by atoms with E-state index in [1.165, 1.54) is 30.5 Å². The van der Waals surface area contributed by atoms with Crippen LogP contribution in [0.15, 0.2) is 53.9 Å². The molecule has 1 aromatic heterocycles. The molecule has 0 saturated carbocycles. The standard InChI is InChI=1S/C22H25FN4O2S/c1-15(2)17-6-8-18(9-7-17)27-14-24-25-22(27)30-13-21(28)26(3)12-16-5-10-20(29-4)19(23)11-16/h5-11,14-15H,12-13H2,1-4H3. The van der Waals surface area contributed by atoms with Crippen LogP contribution in [0.3, 0.4) is 0 Å². The van der Waals surface area contributed by atoms with Crippen LogP contribution in [-0.4, -0.2) is 45.5 Å². The van der Waals surface area contributed by atoms with Gasteiger partial charge >= 0.3 is 0 Å². The van der Waals surface area contributed by atoms with Crippen molar-refractivity contribution in [2.45, 2.75) is 31.5 Å². The van der Waals surface area contributed by atoms with E-state index in [1.807, 2.05) is 16.7 Å². The molecule has 158 valence electrons. The quantitative estimate of drug-likeness (QED) is 0.501. The fraction of sp³-hybridized carbons (Fsp3) is 0.318. The molecule has 0 fully saturated rings. The van der Waals surface area contributed by atoms with Crippen molar-refractivity contribution in [3.63, 3.8) is 0 Å². The number of rotatable bonds is 8. The first-order valence-corrected chi connectivity index (χ1v) is 10.6. The van der Waals surface area contributed by atoms with Crippen LogP contribution in [0.25, 0.3) is 5.69 Å². The van der Waals surface area contributed by atoms with E-state index in [0.29, 0.717) is 23.2 Å². The van der Waals surface area contributed by atoms with Crippen LogP contribution in [0.1, 0.15) is 30.9 Å². The maximum atomic E-state index is 13.9. The Morgan fingerprint density at radius 1 is 1.23 bits per heavy atom. The molecule has 0 N–H and O–H groups in total. The van der Waals surface area contributed by atoms with Crippen LogP contribution in [0.4, 0.5) is 4.39 Å². The summed E-state index contributed by atoms with van der Waals surface area (Å²) < 4.78 is 20.6. The maximum Gasteiger partial charge on any atom is 0.233 e. The summed E-state index contributed by atoms with van der Waals surface area (Å²) in [5.41, 5.74) is 2.90. The Morgan fingerprint density at radius 2 is 1.97 bits per heavy atom. The molecule has 0 spiro atoms. The van der Waals surface area contributed by atoms with Crippen LogP contribution in [0.2, 0.25) is 0 Å². The molecule has 1 amide bonds. The summed E-state index contributed by atoms with van der Waals surface area (Å²) in [5.74, 6) is 0.325. The average molecular weight is 429 g/mol. The zero-order valence-corrected chi connectivity index (χ0v) is 18.3. The van der Waals surface area contributed by atoms with Crippen LogP contribution >= 0.6 is 11.8 Å². The van der Waals surface area contributed by atoms with Gasteiger partial charge < -0.3 is 9.64 Å². The molecule has 8 heteroatoms. The second-order valence-electron chi connectivity index (χ2n) is 7.24. The van der Waals surface area contributed by atoms with Gasteiger partial charge in [0.15, 0.2) is 16.7 Å². The number of nitrogens with zero attached hydrogens (tertiary/aromatic N) is 4. The molecule has 3 rings (SSSR count). The Balaban J connectivity index is 1.61. The summed E-state index contributed by atoms with van der Waals surface area (Å²) >= 11 is 1.32. The second-order valence-corrected chi connectivity index (χ2v) is 8.18. The van der Waals surface area contributed by atoms with Crippen LogP contribution < -0.4 is 4.74 Å². The molecule has 2 aromatic carbocycles. The highest BCUT2D eigenvalue weighted by Crippen LogP contribution is 2.23. The molecule has 0 radical (unpaired) electrons. The van der Waals surface area contributed by atoms with Crippen molar-refractivity contribution in [3.8, 4) is 11.4 Å². The van der Waals surface area contributed by atoms with Gasteiger partial charge in [0.2, 0.25) is 5.91 Å². The smallest absolute Gasteiger partial charge is 0.233 e. The third kappa shape index (κ3) is 5.18. The Hall–Kier alpha value is -2.87. The van der Waals surface area contributed by atoms with Gasteiger partial charge in [0.25, 0.3) is 0 Å². The number of halogens is 1. The van der Waals surface area contributed by atoms with E-state index < -0.39 is 5.82 Å². The Labute approximate surface area is 180 Å². The first-order valence-electron chi connectivity index (χ1n) is 9.58. The molecule has 0 aliphatic carbocycles. The van der Waals surface area contributed by atoms with Crippen molar-refractivity contribution in [1.82, 2.24) is 19.7 Å². The topological polar surface area (TPSA) is 60.2 Å². The molecule has 3 aromatic rings. The predicted octanol–water partition coefficient (Wildman–Crippen LogP) is 4.29. The minimum atomic E-state index is -0.443. The predicted molar refractivity (Wildman–Crippen MR) is 116 cm³/mol. The lowest BCUT2D eigenvalue weighted by Gasteiger charge is -2.17. The normalized spacial score (nSPS) is 11.0. The van der Waals surface area contributed by atoms with Crippen molar-refractivity contribution in [1.29, 1.82) is 0 Å². The van der Waals surface area contributed by atoms with Gasteiger partial charge in [-0.25, -0.2) is 4.39 Å². The minimum Gasteiger partial charge on any atom is -0.494 e. The summed E-state index contributed by atoms with van der Waals surface area (Å²) in [5, 5.41) is 8.77. The molecule has 0 unspecified atom stereocenters. The van der Waals surface area contributed by atoms with Gasteiger partial charge in [-0.3, -0.25) is 9.36 Å². The molecule has 0 aliphatic rings. The molecule has 0 saturated heterocycles. The summed E-state index contributed by atoms with van der Waals surface area (Å²) in [4.78, 5) is 14.1. The lowest BCUT2D eigenvalue weighted by molar-refractivity contribution is -0.127. The number of benzene rings is 2. The Kier molecular flexibility index (Phi) is 7.10. The van der Waals surface area contributed by atoms with E-state index in [2.05, 4.69) is 36.2 Å². The number of aromatic nitrogens is 3. The first-order chi connectivity index (χ1) is 14.4. The number of ether oxygens (including phenoxy) is 1. The lowest BCUT2D eigenvalue weighted by Crippen LogP contribution is -2.28. The van der Waals surface area contributed by atoms with Crippen LogP contribution in [0, 0.1) is 5.82 Å². The van der Waals surface area contributed by atoms with E-state index in [9.17, 15) is 9.18 Å². The van der Waals surface area contributed by atoms with Gasteiger partial charge in [-0.2, -0.15) is 0 Å². The van der Waals surface area contributed by atoms with Gasteiger partial charge in [0.1, 0.15) is 6.33 Å². The SMILES string of the molecule is COc1ccc(CN(C)C(=O)CSc2nncn2-c2ccc(C(C)C)cc2)cc1F. The van der Waals surface area contributed by atoms with Gasteiger partial charge in [-0.15, -0.1) is 10.2 Å². The van der Waals surface area contributed by atoms with Crippen molar-refractivity contribution < 1.29 is 13.9 Å². The monoisotopic (exact) mass is 428 g/mol. The molecule has 6 nitrogen and oxygen atoms in total. The van der Waals surface area contributed by atoms with Crippen molar-refractivity contribution in [2.75, 3.05) is 19.9 Å². The number of amides is 1. The lowest BCUT2D eigenvalue weighted by atomic mass is 10.0. The van der Waals surface area contributed by atoms with Crippen molar-refractivity contribution >= 4 is 17.7 Å². The molecular weight excluding hydrogens is 403 g/mol. The highest BCUT2D eigenvalue weighted by Gasteiger charge is 2.15. The number of carbonyl (C=O) groups is 1. The number of methoxy groups -OCH3 is 1. The third-order valence-corrected chi connectivity index (χ3v) is 5.67. The molecule has 30 heavy (non-hydrogen) atoms. The molecule has 0 atom stereocenters. The highest BCUT2D eigenvalue weighted by atomic mass is 32.2. The van der Waals surface area contributed by atoms with E-state index >= 15 is 0 Å². The van der Waals surface area contributed by atoms with Gasteiger partial charge in [0.05, 0.1) is 12.9 Å². The summed E-state index contributed by atoms with van der Waals surface area (Å²) in [6, 6.07) is 12.9. The van der Waals surface area contributed by atoms with Crippen LogP contribution in [0.5, 0.6) is 5.75 Å². The van der Waals surface area contributed by atoms with E-state index in [0.717, 1.165) is 5.69 Å². The fourth-order valence-electron chi connectivity index (χ4n) is 2.93. The zero-order chi connectivity index (χ0) is 21.7. The molecule has 1 heterocycles. The number of carbonyl (C=O) groups excluding carboxylic acids is 1. The minimum absolute atomic E-state index is 0.0825. The zero-order valence-electron chi connectivity index (χ0n) is 17.5. The van der Waals surface area contributed by atoms with E-state index in [4.69, 9.17) is 4.74 Å². The van der Waals surface area contributed by atoms with Gasteiger partial charge in [-0.05, 0) is 41.3 Å². The summed E-state index contributed by atoms with van der Waals surface area (Å²) in [7, 11) is 3.11. The first kappa shape index (κ1) is 21.8. The van der Waals surface area contributed by atoms with E-state index in [-0.39, 0.29) is 17.4 Å². The molecule has 0 bridgehead atoms. The average Bonchev–Trinajstić information content (AvgIpc) is 3.20. The largest absolute Gasteiger partial charge is 0.494 e. The summed E-state index contributed by atoms with van der Waals surface area (Å²) in [6.45, 7) is 4.61. The van der Waals surface area contributed by atoms with Crippen molar-refractivity contribution in [3.05, 3.63) is 65.7 Å². The van der Waals surface area contributed by atoms with Gasteiger partial charge in [0, 0.05) is 19.3 Å². The Morgan fingerprint density at radius 3 is 2.60 bits per heavy atom. The second kappa shape index (κ2) is 9.75. The van der Waals surface area contributed by atoms with Crippen molar-refractivity contribution in [2.24, 2.45) is 0 Å². The number of hydrogen-bond acceptors (Lipinski definition) is 5. The summed E-state index contributed by atoms with van der Waals surface area (Å²) in [6.07, 6.45) is 1.64. The Bertz CT molecular complexity index is 1000.